The number of sulfonamides is 1. The topological polar surface area (TPSA) is 86.8 Å². The fourth-order valence-corrected chi connectivity index (χ4v) is 6.24. The van der Waals surface area contributed by atoms with E-state index in [1.165, 1.54) is 11.2 Å². The zero-order valence-electron chi connectivity index (χ0n) is 19.4. The summed E-state index contributed by atoms with van der Waals surface area (Å²) in [6, 6.07) is 10.9. The van der Waals surface area contributed by atoms with Crippen LogP contribution in [-0.4, -0.2) is 44.2 Å². The highest BCUT2D eigenvalue weighted by molar-refractivity contribution is 7.89. The zero-order valence-corrected chi connectivity index (χ0v) is 20.2. The minimum Gasteiger partial charge on any atom is -0.326 e. The van der Waals surface area contributed by atoms with Crippen LogP contribution in [0.5, 0.6) is 0 Å². The molecular formula is C25H31N3O4S. The molecule has 1 N–H and O–H groups in total. The summed E-state index contributed by atoms with van der Waals surface area (Å²) in [6.07, 6.45) is 2.36. The minimum atomic E-state index is -3.60. The Bertz CT molecular complexity index is 1180. The van der Waals surface area contributed by atoms with Crippen molar-refractivity contribution in [1.82, 2.24) is 4.31 Å². The molecule has 0 saturated carbocycles. The Kier molecular flexibility index (Phi) is 6.59. The molecule has 2 heterocycles. The van der Waals surface area contributed by atoms with Gasteiger partial charge in [-0.05, 0) is 80.0 Å². The summed E-state index contributed by atoms with van der Waals surface area (Å²) in [4.78, 5) is 26.3. The number of nitrogens with one attached hydrogen (secondary N) is 1. The number of hydrogen-bond donors (Lipinski definition) is 1. The van der Waals surface area contributed by atoms with Crippen LogP contribution < -0.4 is 10.2 Å². The van der Waals surface area contributed by atoms with Gasteiger partial charge in [0.05, 0.1) is 4.90 Å². The molecule has 0 aromatic heterocycles. The molecule has 0 unspecified atom stereocenters. The molecule has 4 rings (SSSR count). The largest absolute Gasteiger partial charge is 0.326 e. The molecule has 0 radical (unpaired) electrons. The quantitative estimate of drug-likeness (QED) is 0.724. The van der Waals surface area contributed by atoms with Crippen LogP contribution in [0.1, 0.15) is 42.9 Å². The average Bonchev–Trinajstić information content (AvgIpc) is 3.21. The molecule has 0 atom stereocenters. The Balaban J connectivity index is 1.36. The van der Waals surface area contributed by atoms with E-state index in [1.54, 1.807) is 23.1 Å². The van der Waals surface area contributed by atoms with E-state index >= 15 is 0 Å². The first kappa shape index (κ1) is 23.4. The predicted octanol–water partition coefficient (Wildman–Crippen LogP) is 3.64. The minimum absolute atomic E-state index is 0.0290. The Morgan fingerprint density at radius 1 is 1.06 bits per heavy atom. The normalized spacial score (nSPS) is 17.1. The number of benzene rings is 2. The van der Waals surface area contributed by atoms with E-state index in [4.69, 9.17) is 0 Å². The second kappa shape index (κ2) is 9.27. The van der Waals surface area contributed by atoms with Gasteiger partial charge in [-0.25, -0.2) is 8.42 Å². The first-order valence-corrected chi connectivity index (χ1v) is 12.9. The van der Waals surface area contributed by atoms with Crippen LogP contribution in [0.3, 0.4) is 0 Å². The van der Waals surface area contributed by atoms with Gasteiger partial charge in [0, 0.05) is 44.4 Å². The van der Waals surface area contributed by atoms with Gasteiger partial charge in [-0.3, -0.25) is 9.59 Å². The van der Waals surface area contributed by atoms with E-state index in [9.17, 15) is 18.0 Å². The third-order valence-corrected chi connectivity index (χ3v) is 8.79. The average molecular weight is 470 g/mol. The van der Waals surface area contributed by atoms with Gasteiger partial charge in [-0.1, -0.05) is 12.1 Å². The fourth-order valence-electron chi connectivity index (χ4n) is 4.72. The molecule has 2 aliphatic rings. The lowest BCUT2D eigenvalue weighted by Crippen LogP contribution is -2.39. The molecule has 2 aromatic rings. The molecule has 7 nitrogen and oxygen atoms in total. The monoisotopic (exact) mass is 469 g/mol. The Morgan fingerprint density at radius 3 is 2.48 bits per heavy atom. The molecule has 2 aromatic carbocycles. The van der Waals surface area contributed by atoms with Gasteiger partial charge < -0.3 is 10.2 Å². The van der Waals surface area contributed by atoms with Crippen molar-refractivity contribution in [1.29, 1.82) is 0 Å². The van der Waals surface area contributed by atoms with E-state index in [-0.39, 0.29) is 22.6 Å². The summed E-state index contributed by atoms with van der Waals surface area (Å²) in [5.41, 5.74) is 4.72. The Hall–Kier alpha value is -2.71. The van der Waals surface area contributed by atoms with Crippen molar-refractivity contribution >= 4 is 33.2 Å². The number of piperidine rings is 1. The van der Waals surface area contributed by atoms with Gasteiger partial charge >= 0.3 is 0 Å². The zero-order chi connectivity index (χ0) is 23.8. The number of hydrogen-bond acceptors (Lipinski definition) is 4. The van der Waals surface area contributed by atoms with Crippen molar-refractivity contribution in [2.75, 3.05) is 29.9 Å². The summed E-state index contributed by atoms with van der Waals surface area (Å²) in [7, 11) is -3.60. The van der Waals surface area contributed by atoms with Crippen LogP contribution in [0.15, 0.2) is 41.3 Å². The van der Waals surface area contributed by atoms with Crippen molar-refractivity contribution < 1.29 is 18.0 Å². The third-order valence-electron chi connectivity index (χ3n) is 6.89. The molecule has 1 saturated heterocycles. The lowest BCUT2D eigenvalue weighted by molar-refractivity contribution is -0.117. The number of amides is 2. The number of rotatable bonds is 5. The van der Waals surface area contributed by atoms with Crippen molar-refractivity contribution in [3.63, 3.8) is 0 Å². The van der Waals surface area contributed by atoms with E-state index in [1.807, 2.05) is 32.0 Å². The number of fused-ring (bicyclic) bond motifs is 1. The molecular weight excluding hydrogens is 438 g/mol. The molecule has 33 heavy (non-hydrogen) atoms. The molecule has 1 fully saturated rings. The van der Waals surface area contributed by atoms with Crippen LogP contribution in [0.4, 0.5) is 11.4 Å². The van der Waals surface area contributed by atoms with Crippen LogP contribution in [0, 0.1) is 19.8 Å². The highest BCUT2D eigenvalue weighted by atomic mass is 32.2. The standard InChI is InChI=1S/C25H31N3O4S/c1-17-5-4-6-23(18(17)2)26-25(30)15-20-9-12-27(13-10-20)33(31,32)22-7-8-24-21(16-22)11-14-28(24)19(3)29/h4-8,16,20H,9-15H2,1-3H3,(H,26,30). The smallest absolute Gasteiger partial charge is 0.243 e. The molecule has 2 amide bonds. The van der Waals surface area contributed by atoms with Gasteiger partial charge in [-0.2, -0.15) is 4.31 Å². The molecule has 176 valence electrons. The predicted molar refractivity (Wildman–Crippen MR) is 129 cm³/mol. The van der Waals surface area contributed by atoms with Crippen molar-refractivity contribution in [2.24, 2.45) is 5.92 Å². The number of carbonyl (C=O) groups is 2. The highest BCUT2D eigenvalue weighted by Crippen LogP contribution is 2.32. The molecule has 8 heteroatoms. The molecule has 0 aliphatic carbocycles. The maximum Gasteiger partial charge on any atom is 0.243 e. The highest BCUT2D eigenvalue weighted by Gasteiger charge is 2.32. The SMILES string of the molecule is CC(=O)N1CCc2cc(S(=O)(=O)N3CCC(CC(=O)Nc4cccc(C)c4C)CC3)ccc21. The van der Waals surface area contributed by atoms with E-state index in [0.29, 0.717) is 45.3 Å². The lowest BCUT2D eigenvalue weighted by Gasteiger charge is -2.31. The van der Waals surface area contributed by atoms with Crippen LogP contribution >= 0.6 is 0 Å². The van der Waals surface area contributed by atoms with E-state index in [0.717, 1.165) is 28.1 Å². The maximum atomic E-state index is 13.2. The van der Waals surface area contributed by atoms with Crippen LogP contribution in [0.2, 0.25) is 0 Å². The number of carbonyl (C=O) groups excluding carboxylic acids is 2. The first-order chi connectivity index (χ1) is 15.7. The summed E-state index contributed by atoms with van der Waals surface area (Å²) < 4.78 is 27.9. The Labute approximate surface area is 195 Å². The van der Waals surface area contributed by atoms with E-state index < -0.39 is 10.0 Å². The van der Waals surface area contributed by atoms with Gasteiger partial charge in [0.15, 0.2) is 0 Å². The lowest BCUT2D eigenvalue weighted by atomic mass is 9.94. The third kappa shape index (κ3) is 4.82. The van der Waals surface area contributed by atoms with E-state index in [2.05, 4.69) is 5.32 Å². The number of aryl methyl sites for hydroxylation is 1. The van der Waals surface area contributed by atoms with Gasteiger partial charge in [0.1, 0.15) is 0 Å². The van der Waals surface area contributed by atoms with Crippen molar-refractivity contribution in [2.45, 2.75) is 51.3 Å². The summed E-state index contributed by atoms with van der Waals surface area (Å²) in [5.74, 6) is 0.0948. The van der Waals surface area contributed by atoms with Crippen molar-refractivity contribution in [3.8, 4) is 0 Å². The summed E-state index contributed by atoms with van der Waals surface area (Å²) in [6.45, 7) is 6.92. The Morgan fingerprint density at radius 2 is 1.79 bits per heavy atom. The summed E-state index contributed by atoms with van der Waals surface area (Å²) in [5, 5.41) is 3.00. The second-order valence-corrected chi connectivity index (χ2v) is 11.0. The van der Waals surface area contributed by atoms with Gasteiger partial charge in [0.2, 0.25) is 21.8 Å². The fraction of sp³-hybridized carbons (Fsp3) is 0.440. The molecule has 2 aliphatic heterocycles. The number of anilines is 2. The molecule has 0 bridgehead atoms. The number of nitrogens with zero attached hydrogens (tertiary/aromatic N) is 2. The second-order valence-electron chi connectivity index (χ2n) is 9.06. The molecule has 0 spiro atoms. The van der Waals surface area contributed by atoms with Crippen LogP contribution in [-0.2, 0) is 26.0 Å². The van der Waals surface area contributed by atoms with Crippen LogP contribution in [0.25, 0.3) is 0 Å². The summed E-state index contributed by atoms with van der Waals surface area (Å²) >= 11 is 0. The van der Waals surface area contributed by atoms with Crippen molar-refractivity contribution in [3.05, 3.63) is 53.1 Å². The first-order valence-electron chi connectivity index (χ1n) is 11.4. The maximum absolute atomic E-state index is 13.2. The van der Waals surface area contributed by atoms with Gasteiger partial charge in [0.25, 0.3) is 0 Å². The van der Waals surface area contributed by atoms with Gasteiger partial charge in [-0.15, -0.1) is 0 Å².